The molecule has 0 bridgehead atoms. The van der Waals surface area contributed by atoms with Gasteiger partial charge in [0, 0.05) is 29.6 Å². The zero-order chi connectivity index (χ0) is 11.8. The molecule has 0 aromatic carbocycles. The molecule has 2 rings (SSSR count). The number of aryl methyl sites for hydroxylation is 1. The van der Waals surface area contributed by atoms with Crippen molar-refractivity contribution in [3.8, 4) is 0 Å². The van der Waals surface area contributed by atoms with Crippen LogP contribution < -0.4 is 5.32 Å². The first-order valence-corrected chi connectivity index (χ1v) is 6.98. The van der Waals surface area contributed by atoms with Gasteiger partial charge in [-0.15, -0.1) is 11.3 Å². The van der Waals surface area contributed by atoms with Crippen LogP contribution in [0.5, 0.6) is 0 Å². The highest BCUT2D eigenvalue weighted by molar-refractivity contribution is 7.11. The minimum absolute atomic E-state index is 0.531. The second-order valence-corrected chi connectivity index (χ2v) is 6.76. The third-order valence-corrected chi connectivity index (χ3v) is 5.02. The van der Waals surface area contributed by atoms with E-state index >= 15 is 0 Å². The standard InChI is InChI=1S/C13H22N2S/c1-9(12-15-8-10(2)16-12)7-14-11(3)13(4)5-6-13/h8-9,11,14H,5-7H2,1-4H3. The topological polar surface area (TPSA) is 24.9 Å². The van der Waals surface area contributed by atoms with E-state index in [4.69, 9.17) is 0 Å². The van der Waals surface area contributed by atoms with E-state index < -0.39 is 0 Å². The first kappa shape index (κ1) is 12.1. The van der Waals surface area contributed by atoms with Gasteiger partial charge in [-0.05, 0) is 32.1 Å². The van der Waals surface area contributed by atoms with E-state index in [-0.39, 0.29) is 0 Å². The average molecular weight is 238 g/mol. The SMILES string of the molecule is Cc1cnc(C(C)CNC(C)C2(C)CC2)s1. The Morgan fingerprint density at radius 2 is 2.19 bits per heavy atom. The van der Waals surface area contributed by atoms with Crippen LogP contribution in [-0.4, -0.2) is 17.6 Å². The average Bonchev–Trinajstić information content (AvgIpc) is 2.85. The minimum Gasteiger partial charge on any atom is -0.313 e. The van der Waals surface area contributed by atoms with Gasteiger partial charge >= 0.3 is 0 Å². The highest BCUT2D eigenvalue weighted by atomic mass is 32.1. The second kappa shape index (κ2) is 4.46. The monoisotopic (exact) mass is 238 g/mol. The Hall–Kier alpha value is -0.410. The van der Waals surface area contributed by atoms with Gasteiger partial charge in [-0.25, -0.2) is 4.98 Å². The molecular weight excluding hydrogens is 216 g/mol. The lowest BCUT2D eigenvalue weighted by molar-refractivity contribution is 0.374. The van der Waals surface area contributed by atoms with E-state index in [0.29, 0.717) is 17.4 Å². The number of rotatable bonds is 5. The maximum absolute atomic E-state index is 4.45. The fraction of sp³-hybridized carbons (Fsp3) is 0.769. The number of thiazole rings is 1. The molecule has 0 spiro atoms. The van der Waals surface area contributed by atoms with Crippen molar-refractivity contribution in [2.45, 2.75) is 52.5 Å². The van der Waals surface area contributed by atoms with Crippen LogP contribution in [0.15, 0.2) is 6.20 Å². The summed E-state index contributed by atoms with van der Waals surface area (Å²) >= 11 is 1.82. The van der Waals surface area contributed by atoms with Gasteiger partial charge in [-0.1, -0.05) is 13.8 Å². The fourth-order valence-electron chi connectivity index (χ4n) is 1.92. The normalized spacial score (nSPS) is 21.8. The summed E-state index contributed by atoms with van der Waals surface area (Å²) in [6, 6.07) is 0.635. The lowest BCUT2D eigenvalue weighted by Gasteiger charge is -2.22. The molecule has 1 aromatic rings. The predicted molar refractivity (Wildman–Crippen MR) is 70.1 cm³/mol. The van der Waals surface area contributed by atoms with Gasteiger partial charge in [0.1, 0.15) is 0 Å². The van der Waals surface area contributed by atoms with Crippen molar-refractivity contribution in [1.82, 2.24) is 10.3 Å². The molecule has 2 unspecified atom stereocenters. The molecule has 0 radical (unpaired) electrons. The van der Waals surface area contributed by atoms with E-state index in [0.717, 1.165) is 6.54 Å². The zero-order valence-corrected chi connectivity index (χ0v) is 11.5. The highest BCUT2D eigenvalue weighted by Crippen LogP contribution is 2.47. The molecule has 90 valence electrons. The molecule has 2 nitrogen and oxygen atoms in total. The summed E-state index contributed by atoms with van der Waals surface area (Å²) < 4.78 is 0. The smallest absolute Gasteiger partial charge is 0.0968 e. The number of nitrogens with zero attached hydrogens (tertiary/aromatic N) is 1. The molecule has 0 aliphatic heterocycles. The number of nitrogens with one attached hydrogen (secondary N) is 1. The number of aromatic nitrogens is 1. The van der Waals surface area contributed by atoms with E-state index in [1.807, 2.05) is 17.5 Å². The van der Waals surface area contributed by atoms with E-state index in [1.165, 1.54) is 22.7 Å². The Morgan fingerprint density at radius 1 is 1.50 bits per heavy atom. The first-order valence-electron chi connectivity index (χ1n) is 6.17. The van der Waals surface area contributed by atoms with Crippen LogP contribution >= 0.6 is 11.3 Å². The maximum Gasteiger partial charge on any atom is 0.0968 e. The Morgan fingerprint density at radius 3 is 2.69 bits per heavy atom. The summed E-state index contributed by atoms with van der Waals surface area (Å²) in [5, 5.41) is 4.92. The van der Waals surface area contributed by atoms with Crippen LogP contribution in [0.25, 0.3) is 0 Å². The molecule has 1 heterocycles. The Kier molecular flexibility index (Phi) is 3.36. The summed E-state index contributed by atoms with van der Waals surface area (Å²) in [5.74, 6) is 0.531. The van der Waals surface area contributed by atoms with Gasteiger partial charge < -0.3 is 5.32 Å². The van der Waals surface area contributed by atoms with Crippen molar-refractivity contribution in [3.05, 3.63) is 16.1 Å². The Labute approximate surface area is 102 Å². The molecule has 0 saturated heterocycles. The molecule has 1 aromatic heterocycles. The third-order valence-electron chi connectivity index (χ3n) is 3.88. The quantitative estimate of drug-likeness (QED) is 0.851. The second-order valence-electron chi connectivity index (χ2n) is 5.49. The van der Waals surface area contributed by atoms with Crippen LogP contribution in [0.1, 0.15) is 49.4 Å². The van der Waals surface area contributed by atoms with Gasteiger partial charge in [0.2, 0.25) is 0 Å². The van der Waals surface area contributed by atoms with E-state index in [2.05, 4.69) is 38.0 Å². The fourth-order valence-corrected chi connectivity index (χ4v) is 2.74. The first-order chi connectivity index (χ1) is 7.51. The van der Waals surface area contributed by atoms with Crippen molar-refractivity contribution in [2.75, 3.05) is 6.54 Å². The minimum atomic E-state index is 0.531. The number of hydrogen-bond donors (Lipinski definition) is 1. The Balaban J connectivity index is 1.81. The highest BCUT2D eigenvalue weighted by Gasteiger charge is 2.42. The molecule has 1 fully saturated rings. The van der Waals surface area contributed by atoms with Crippen molar-refractivity contribution in [2.24, 2.45) is 5.41 Å². The molecule has 2 atom stereocenters. The molecule has 3 heteroatoms. The van der Waals surface area contributed by atoms with Gasteiger partial charge in [0.25, 0.3) is 0 Å². The molecule has 16 heavy (non-hydrogen) atoms. The van der Waals surface area contributed by atoms with Gasteiger partial charge in [-0.2, -0.15) is 0 Å². The van der Waals surface area contributed by atoms with Gasteiger partial charge in [-0.3, -0.25) is 0 Å². The van der Waals surface area contributed by atoms with Crippen molar-refractivity contribution >= 4 is 11.3 Å². The summed E-state index contributed by atoms with van der Waals surface area (Å²) in [7, 11) is 0. The van der Waals surface area contributed by atoms with Crippen LogP contribution in [0.3, 0.4) is 0 Å². The molecule has 0 amide bonds. The maximum atomic E-state index is 4.45. The summed E-state index contributed by atoms with van der Waals surface area (Å²) in [6.07, 6.45) is 4.74. The summed E-state index contributed by atoms with van der Waals surface area (Å²) in [6.45, 7) is 10.1. The van der Waals surface area contributed by atoms with Gasteiger partial charge in [0.15, 0.2) is 0 Å². The lowest BCUT2D eigenvalue weighted by Crippen LogP contribution is -2.35. The van der Waals surface area contributed by atoms with Crippen LogP contribution in [0.2, 0.25) is 0 Å². The van der Waals surface area contributed by atoms with Crippen LogP contribution in [-0.2, 0) is 0 Å². The Bertz CT molecular complexity index is 355. The largest absolute Gasteiger partial charge is 0.313 e. The van der Waals surface area contributed by atoms with Crippen molar-refractivity contribution in [1.29, 1.82) is 0 Å². The zero-order valence-electron chi connectivity index (χ0n) is 10.7. The van der Waals surface area contributed by atoms with E-state index in [9.17, 15) is 0 Å². The van der Waals surface area contributed by atoms with E-state index in [1.54, 1.807) is 0 Å². The molecule has 1 N–H and O–H groups in total. The van der Waals surface area contributed by atoms with Gasteiger partial charge in [0.05, 0.1) is 5.01 Å². The van der Waals surface area contributed by atoms with Crippen LogP contribution in [0.4, 0.5) is 0 Å². The molecular formula is C13H22N2S. The van der Waals surface area contributed by atoms with Crippen molar-refractivity contribution < 1.29 is 0 Å². The molecule has 1 aliphatic rings. The summed E-state index contributed by atoms with van der Waals surface area (Å²) in [4.78, 5) is 5.76. The summed E-state index contributed by atoms with van der Waals surface area (Å²) in [5.41, 5.74) is 0.568. The number of hydrogen-bond acceptors (Lipinski definition) is 3. The molecule has 1 aliphatic carbocycles. The van der Waals surface area contributed by atoms with Crippen LogP contribution in [0, 0.1) is 12.3 Å². The third kappa shape index (κ3) is 2.64. The lowest BCUT2D eigenvalue weighted by atomic mass is 10.0. The molecule has 1 saturated carbocycles. The predicted octanol–water partition coefficient (Wildman–Crippen LogP) is 3.33. The van der Waals surface area contributed by atoms with Crippen molar-refractivity contribution in [3.63, 3.8) is 0 Å².